The third kappa shape index (κ3) is 5.34. The number of nitrogens with one attached hydrogen (secondary N) is 1. The molecule has 1 aliphatic rings. The molecule has 1 aliphatic heterocycles. The molecule has 0 bridgehead atoms. The Morgan fingerprint density at radius 1 is 1.14 bits per heavy atom. The summed E-state index contributed by atoms with van der Waals surface area (Å²) in [5.41, 5.74) is 8.27. The molecule has 6 nitrogen and oxygen atoms in total. The zero-order valence-corrected chi connectivity index (χ0v) is 17.7. The first-order chi connectivity index (χ1) is 14.1. The van der Waals surface area contributed by atoms with Gasteiger partial charge in [-0.15, -0.1) is 0 Å². The number of ether oxygens (including phenoxy) is 3. The molecule has 0 spiro atoms. The fourth-order valence-electron chi connectivity index (χ4n) is 3.62. The van der Waals surface area contributed by atoms with Crippen LogP contribution in [0.25, 0.3) is 0 Å². The fourth-order valence-corrected chi connectivity index (χ4v) is 3.81. The first-order valence-electron chi connectivity index (χ1n) is 9.65. The van der Waals surface area contributed by atoms with Gasteiger partial charge in [-0.3, -0.25) is 0 Å². The Kier molecular flexibility index (Phi) is 7.23. The Balaban J connectivity index is 1.68. The maximum Gasteiger partial charge on any atom is 0.188 e. The molecule has 0 radical (unpaired) electrons. The summed E-state index contributed by atoms with van der Waals surface area (Å²) in [5.74, 6) is 1.77. The van der Waals surface area contributed by atoms with Gasteiger partial charge in [-0.1, -0.05) is 29.8 Å². The van der Waals surface area contributed by atoms with Crippen molar-refractivity contribution in [1.29, 1.82) is 0 Å². The summed E-state index contributed by atoms with van der Waals surface area (Å²) in [6.07, 6.45) is 1.81. The molecule has 0 aliphatic carbocycles. The molecule has 3 rings (SSSR count). The fraction of sp³-hybridized carbons (Fsp3) is 0.409. The van der Waals surface area contributed by atoms with Crippen LogP contribution in [-0.2, 0) is 16.7 Å². The zero-order valence-electron chi connectivity index (χ0n) is 16.9. The van der Waals surface area contributed by atoms with Crippen LogP contribution in [0.4, 0.5) is 0 Å². The van der Waals surface area contributed by atoms with Crippen molar-refractivity contribution in [3.8, 4) is 11.5 Å². The van der Waals surface area contributed by atoms with E-state index in [1.807, 2.05) is 36.4 Å². The van der Waals surface area contributed by atoms with E-state index >= 15 is 0 Å². The Morgan fingerprint density at radius 2 is 1.90 bits per heavy atom. The number of hydrogen-bond acceptors (Lipinski definition) is 4. The maximum absolute atomic E-state index is 6.23. The highest BCUT2D eigenvalue weighted by molar-refractivity contribution is 6.30. The van der Waals surface area contributed by atoms with Gasteiger partial charge in [-0.05, 0) is 48.2 Å². The summed E-state index contributed by atoms with van der Waals surface area (Å²) in [5, 5.41) is 4.05. The SMILES string of the molecule is COc1ccc(CN=C(N)NCC2(c3cccc(Cl)c3)CCOCC2)cc1OC. The van der Waals surface area contributed by atoms with E-state index in [9.17, 15) is 0 Å². The quantitative estimate of drug-likeness (QED) is 0.532. The van der Waals surface area contributed by atoms with Gasteiger partial charge < -0.3 is 25.3 Å². The molecule has 7 heteroatoms. The number of nitrogens with two attached hydrogens (primary N) is 1. The molecule has 3 N–H and O–H groups in total. The van der Waals surface area contributed by atoms with Gasteiger partial charge >= 0.3 is 0 Å². The lowest BCUT2D eigenvalue weighted by Crippen LogP contribution is -2.46. The van der Waals surface area contributed by atoms with E-state index in [2.05, 4.69) is 16.4 Å². The van der Waals surface area contributed by atoms with Crippen LogP contribution in [0.1, 0.15) is 24.0 Å². The summed E-state index contributed by atoms with van der Waals surface area (Å²) in [4.78, 5) is 4.48. The molecule has 2 aromatic rings. The molecule has 0 saturated carbocycles. The van der Waals surface area contributed by atoms with Crippen LogP contribution in [-0.4, -0.2) is 39.9 Å². The van der Waals surface area contributed by atoms with E-state index in [4.69, 9.17) is 31.5 Å². The molecule has 1 saturated heterocycles. The molecular weight excluding hydrogens is 390 g/mol. The summed E-state index contributed by atoms with van der Waals surface area (Å²) in [6.45, 7) is 2.57. The van der Waals surface area contributed by atoms with Gasteiger partial charge in [0.2, 0.25) is 0 Å². The second kappa shape index (κ2) is 9.85. The van der Waals surface area contributed by atoms with Crippen molar-refractivity contribution in [1.82, 2.24) is 5.32 Å². The zero-order chi connectivity index (χ0) is 20.7. The third-order valence-corrected chi connectivity index (χ3v) is 5.61. The lowest BCUT2D eigenvalue weighted by atomic mass is 9.74. The van der Waals surface area contributed by atoms with Crippen LogP contribution in [0.2, 0.25) is 5.02 Å². The number of rotatable bonds is 7. The van der Waals surface area contributed by atoms with Gasteiger partial charge in [0.1, 0.15) is 0 Å². The minimum absolute atomic E-state index is 0.0768. The van der Waals surface area contributed by atoms with Crippen molar-refractivity contribution in [2.75, 3.05) is 34.0 Å². The van der Waals surface area contributed by atoms with E-state index in [0.29, 0.717) is 30.5 Å². The largest absolute Gasteiger partial charge is 0.493 e. The van der Waals surface area contributed by atoms with Gasteiger partial charge in [-0.2, -0.15) is 0 Å². The molecule has 0 aromatic heterocycles. The Morgan fingerprint density at radius 3 is 2.59 bits per heavy atom. The molecule has 29 heavy (non-hydrogen) atoms. The highest BCUT2D eigenvalue weighted by Gasteiger charge is 2.34. The summed E-state index contributed by atoms with van der Waals surface area (Å²) >= 11 is 6.23. The number of nitrogens with zero attached hydrogens (tertiary/aromatic N) is 1. The Labute approximate surface area is 177 Å². The molecule has 0 atom stereocenters. The molecule has 0 amide bonds. The van der Waals surface area contributed by atoms with E-state index in [0.717, 1.165) is 36.6 Å². The summed E-state index contributed by atoms with van der Waals surface area (Å²) in [7, 11) is 3.23. The Hall–Kier alpha value is -2.44. The van der Waals surface area contributed by atoms with Gasteiger partial charge in [-0.25, -0.2) is 4.99 Å². The van der Waals surface area contributed by atoms with Crippen molar-refractivity contribution in [2.45, 2.75) is 24.8 Å². The average molecular weight is 418 g/mol. The van der Waals surface area contributed by atoms with Crippen LogP contribution in [0.5, 0.6) is 11.5 Å². The van der Waals surface area contributed by atoms with Crippen molar-refractivity contribution in [3.63, 3.8) is 0 Å². The number of aliphatic imine (C=N–C) groups is 1. The normalized spacial score (nSPS) is 16.3. The molecule has 1 heterocycles. The number of halogens is 1. The van der Waals surface area contributed by atoms with Crippen molar-refractivity contribution in [3.05, 3.63) is 58.6 Å². The Bertz CT molecular complexity index is 851. The van der Waals surface area contributed by atoms with Crippen LogP contribution in [0.3, 0.4) is 0 Å². The summed E-state index contributed by atoms with van der Waals surface area (Å²) < 4.78 is 16.2. The average Bonchev–Trinajstić information content (AvgIpc) is 2.76. The molecule has 1 fully saturated rings. The van der Waals surface area contributed by atoms with Crippen molar-refractivity contribution >= 4 is 17.6 Å². The predicted molar refractivity (Wildman–Crippen MR) is 116 cm³/mol. The van der Waals surface area contributed by atoms with Crippen LogP contribution >= 0.6 is 11.6 Å². The van der Waals surface area contributed by atoms with E-state index in [-0.39, 0.29) is 5.41 Å². The van der Waals surface area contributed by atoms with Crippen LogP contribution < -0.4 is 20.5 Å². The highest BCUT2D eigenvalue weighted by atomic mass is 35.5. The maximum atomic E-state index is 6.23. The van der Waals surface area contributed by atoms with Crippen LogP contribution in [0, 0.1) is 0 Å². The lowest BCUT2D eigenvalue weighted by molar-refractivity contribution is 0.0514. The van der Waals surface area contributed by atoms with Gasteiger partial charge in [0.05, 0.1) is 20.8 Å². The standard InChI is InChI=1S/C22H28ClN3O3/c1-27-19-7-6-16(12-20(19)28-2)14-25-21(24)26-15-22(8-10-29-11-9-22)17-4-3-5-18(23)13-17/h3-7,12-13H,8-11,14-15H2,1-2H3,(H3,24,25,26). The van der Waals surface area contributed by atoms with Crippen molar-refractivity contribution in [2.24, 2.45) is 10.7 Å². The van der Waals surface area contributed by atoms with Gasteiger partial charge in [0, 0.05) is 30.2 Å². The first kappa shape index (κ1) is 21.3. The second-order valence-electron chi connectivity index (χ2n) is 7.15. The molecule has 0 unspecified atom stereocenters. The second-order valence-corrected chi connectivity index (χ2v) is 7.58. The lowest BCUT2D eigenvalue weighted by Gasteiger charge is -2.38. The van der Waals surface area contributed by atoms with E-state index < -0.39 is 0 Å². The topological polar surface area (TPSA) is 78.1 Å². The molecule has 2 aromatic carbocycles. The number of guanidine groups is 1. The number of methoxy groups -OCH3 is 2. The van der Waals surface area contributed by atoms with E-state index in [1.165, 1.54) is 5.56 Å². The highest BCUT2D eigenvalue weighted by Crippen LogP contribution is 2.35. The number of benzene rings is 2. The van der Waals surface area contributed by atoms with Gasteiger partial charge in [0.25, 0.3) is 0 Å². The minimum Gasteiger partial charge on any atom is -0.493 e. The van der Waals surface area contributed by atoms with Gasteiger partial charge in [0.15, 0.2) is 17.5 Å². The third-order valence-electron chi connectivity index (χ3n) is 5.37. The smallest absolute Gasteiger partial charge is 0.188 e. The molecular formula is C22H28ClN3O3. The molecule has 156 valence electrons. The minimum atomic E-state index is -0.0768. The monoisotopic (exact) mass is 417 g/mol. The number of hydrogen-bond donors (Lipinski definition) is 2. The van der Waals surface area contributed by atoms with Crippen molar-refractivity contribution < 1.29 is 14.2 Å². The van der Waals surface area contributed by atoms with Crippen LogP contribution in [0.15, 0.2) is 47.5 Å². The first-order valence-corrected chi connectivity index (χ1v) is 10.0. The predicted octanol–water partition coefficient (Wildman–Crippen LogP) is 3.51. The summed E-state index contributed by atoms with van der Waals surface area (Å²) in [6, 6.07) is 13.8. The van der Waals surface area contributed by atoms with E-state index in [1.54, 1.807) is 14.2 Å².